The molecule has 0 spiro atoms. The van der Waals surface area contributed by atoms with Gasteiger partial charge in [0.2, 0.25) is 29.5 Å². The number of primary amides is 2. The molecule has 0 saturated heterocycles. The zero-order valence-corrected chi connectivity index (χ0v) is 21.7. The highest BCUT2D eigenvalue weighted by atomic mass is 16.4. The summed E-state index contributed by atoms with van der Waals surface area (Å²) in [5, 5.41) is 17.3. The average Bonchev–Trinajstić information content (AvgIpc) is 3.26. The molecule has 1 aromatic heterocycles. The maximum absolute atomic E-state index is 13.0. The second-order valence-electron chi connectivity index (χ2n) is 9.54. The number of benzene rings is 1. The number of fused-ring (bicyclic) bond motifs is 1. The molecule has 2 aromatic rings. The largest absolute Gasteiger partial charge is 0.480 e. The van der Waals surface area contributed by atoms with Crippen molar-refractivity contribution in [3.8, 4) is 0 Å². The van der Waals surface area contributed by atoms with E-state index in [-0.39, 0.29) is 19.3 Å². The van der Waals surface area contributed by atoms with Gasteiger partial charge in [-0.25, -0.2) is 4.79 Å². The minimum atomic E-state index is -1.49. The first kappa shape index (κ1) is 30.8. The van der Waals surface area contributed by atoms with E-state index in [1.807, 2.05) is 24.3 Å². The van der Waals surface area contributed by atoms with Crippen molar-refractivity contribution in [2.45, 2.75) is 63.7 Å². The molecule has 1 aromatic carbocycles. The molecule has 212 valence electrons. The number of nitrogens with two attached hydrogens (primary N) is 3. The Labute approximate surface area is 224 Å². The molecule has 0 saturated carbocycles. The van der Waals surface area contributed by atoms with Crippen LogP contribution >= 0.6 is 0 Å². The smallest absolute Gasteiger partial charge is 0.326 e. The van der Waals surface area contributed by atoms with Crippen molar-refractivity contribution in [2.24, 2.45) is 23.1 Å². The monoisotopic (exact) mass is 545 g/mol. The van der Waals surface area contributed by atoms with E-state index in [0.29, 0.717) is 0 Å². The third-order valence-corrected chi connectivity index (χ3v) is 6.03. The lowest BCUT2D eigenvalue weighted by molar-refractivity contribution is -0.143. The Morgan fingerprint density at radius 1 is 0.897 bits per heavy atom. The topological polar surface area (TPSA) is 253 Å². The van der Waals surface area contributed by atoms with Gasteiger partial charge in [-0.15, -0.1) is 0 Å². The zero-order chi connectivity index (χ0) is 29.3. The van der Waals surface area contributed by atoms with Crippen molar-refractivity contribution in [1.29, 1.82) is 0 Å². The zero-order valence-electron chi connectivity index (χ0n) is 21.7. The van der Waals surface area contributed by atoms with Crippen LogP contribution in [-0.4, -0.2) is 69.8 Å². The molecule has 14 heteroatoms. The van der Waals surface area contributed by atoms with Crippen molar-refractivity contribution < 1.29 is 33.9 Å². The fourth-order valence-corrected chi connectivity index (χ4v) is 3.91. The van der Waals surface area contributed by atoms with Gasteiger partial charge in [0.1, 0.15) is 18.1 Å². The van der Waals surface area contributed by atoms with E-state index in [1.165, 1.54) is 0 Å². The van der Waals surface area contributed by atoms with Gasteiger partial charge in [0.05, 0.1) is 12.5 Å². The van der Waals surface area contributed by atoms with Crippen molar-refractivity contribution in [3.05, 3.63) is 36.0 Å². The first-order valence-electron chi connectivity index (χ1n) is 12.3. The Morgan fingerprint density at radius 2 is 1.51 bits per heavy atom. The van der Waals surface area contributed by atoms with E-state index in [0.717, 1.165) is 16.5 Å². The van der Waals surface area contributed by atoms with Crippen molar-refractivity contribution in [1.82, 2.24) is 20.9 Å². The number of nitrogens with one attached hydrogen (secondary N) is 4. The van der Waals surface area contributed by atoms with Crippen LogP contribution < -0.4 is 33.2 Å². The number of H-pyrrole nitrogens is 1. The Balaban J connectivity index is 2.16. The van der Waals surface area contributed by atoms with Gasteiger partial charge < -0.3 is 43.2 Å². The molecule has 14 nitrogen and oxygen atoms in total. The third kappa shape index (κ3) is 9.10. The van der Waals surface area contributed by atoms with E-state index in [2.05, 4.69) is 20.9 Å². The van der Waals surface area contributed by atoms with Crippen LogP contribution in [-0.2, 0) is 35.2 Å². The number of amides is 5. The maximum Gasteiger partial charge on any atom is 0.326 e. The molecular formula is C25H35N7O7. The van der Waals surface area contributed by atoms with Gasteiger partial charge in [0.15, 0.2) is 0 Å². The first-order chi connectivity index (χ1) is 18.3. The van der Waals surface area contributed by atoms with Crippen LogP contribution in [0.4, 0.5) is 0 Å². The Hall–Kier alpha value is -4.46. The summed E-state index contributed by atoms with van der Waals surface area (Å²) in [6, 6.07) is 2.17. The molecule has 0 aliphatic carbocycles. The molecule has 1 heterocycles. The van der Waals surface area contributed by atoms with Gasteiger partial charge in [-0.05, 0) is 30.4 Å². The van der Waals surface area contributed by atoms with Crippen LogP contribution in [0, 0.1) is 5.92 Å². The van der Waals surface area contributed by atoms with Gasteiger partial charge in [0, 0.05) is 23.5 Å². The SMILES string of the molecule is CC(C)C(NC(=O)C(CCC(N)=O)NC(=O)C(CC(N)=O)NC(=O)C(N)Cc1c[nH]c2ccccc12)C(=O)O. The summed E-state index contributed by atoms with van der Waals surface area (Å²) in [7, 11) is 0. The molecule has 0 fully saturated rings. The normalized spacial score (nSPS) is 14.2. The first-order valence-corrected chi connectivity index (χ1v) is 12.3. The van der Waals surface area contributed by atoms with Crippen LogP contribution in [0.5, 0.6) is 0 Å². The highest BCUT2D eigenvalue weighted by Crippen LogP contribution is 2.18. The number of carbonyl (C=O) groups excluding carboxylic acids is 5. The lowest BCUT2D eigenvalue weighted by Gasteiger charge is -2.25. The summed E-state index contributed by atoms with van der Waals surface area (Å²) in [5.41, 5.74) is 18.1. The number of rotatable bonds is 15. The summed E-state index contributed by atoms with van der Waals surface area (Å²) < 4.78 is 0. The lowest BCUT2D eigenvalue weighted by Crippen LogP contribution is -2.58. The van der Waals surface area contributed by atoms with Crippen LogP contribution in [0.1, 0.15) is 38.7 Å². The number of hydrogen-bond acceptors (Lipinski definition) is 7. The standard InChI is InChI=1S/C25H35N7O7/c1-12(2)21(25(38)39)32-23(36)17(7-8-19(27)33)30-24(37)18(10-20(28)34)31-22(35)15(26)9-13-11-29-16-6-4-3-5-14(13)16/h3-6,11-12,15,17-18,21,29H,7-10,26H2,1-2H3,(H2,27,33)(H2,28,34)(H,30,37)(H,31,35)(H,32,36)(H,38,39). The molecule has 4 atom stereocenters. The van der Waals surface area contributed by atoms with Gasteiger partial charge in [-0.1, -0.05) is 32.0 Å². The molecule has 0 radical (unpaired) electrons. The third-order valence-electron chi connectivity index (χ3n) is 6.03. The fourth-order valence-electron chi connectivity index (χ4n) is 3.91. The molecule has 0 aliphatic rings. The number of aliphatic carboxylic acids is 1. The molecule has 4 unspecified atom stereocenters. The highest BCUT2D eigenvalue weighted by molar-refractivity contribution is 5.96. The summed E-state index contributed by atoms with van der Waals surface area (Å²) in [6.45, 7) is 3.15. The van der Waals surface area contributed by atoms with E-state index in [9.17, 15) is 33.9 Å². The summed E-state index contributed by atoms with van der Waals surface area (Å²) in [4.78, 5) is 76.3. The van der Waals surface area contributed by atoms with Crippen LogP contribution in [0.15, 0.2) is 30.5 Å². The Kier molecular flexibility index (Phi) is 11.0. The molecule has 39 heavy (non-hydrogen) atoms. The Bertz CT molecular complexity index is 1230. The van der Waals surface area contributed by atoms with Crippen LogP contribution in [0.25, 0.3) is 10.9 Å². The molecule has 0 aliphatic heterocycles. The molecule has 11 N–H and O–H groups in total. The lowest BCUT2D eigenvalue weighted by atomic mass is 10.0. The number of hydrogen-bond donors (Lipinski definition) is 8. The molecule has 0 bridgehead atoms. The van der Waals surface area contributed by atoms with Gasteiger partial charge in [0.25, 0.3) is 0 Å². The van der Waals surface area contributed by atoms with E-state index < -0.39 is 72.0 Å². The van der Waals surface area contributed by atoms with Crippen molar-refractivity contribution >= 4 is 46.4 Å². The predicted molar refractivity (Wildman–Crippen MR) is 140 cm³/mol. The average molecular weight is 546 g/mol. The van der Waals surface area contributed by atoms with Gasteiger partial charge in [-0.2, -0.15) is 0 Å². The fraction of sp³-hybridized carbons (Fsp3) is 0.440. The van der Waals surface area contributed by atoms with Crippen molar-refractivity contribution in [2.75, 3.05) is 0 Å². The van der Waals surface area contributed by atoms with E-state index in [1.54, 1.807) is 20.0 Å². The minimum Gasteiger partial charge on any atom is -0.480 e. The number of carbonyl (C=O) groups is 6. The summed E-state index contributed by atoms with van der Waals surface area (Å²) in [6.07, 6.45) is 0.672. The number of para-hydroxylation sites is 1. The summed E-state index contributed by atoms with van der Waals surface area (Å²) in [5.74, 6) is -6.03. The Morgan fingerprint density at radius 3 is 2.10 bits per heavy atom. The quantitative estimate of drug-likeness (QED) is 0.129. The van der Waals surface area contributed by atoms with Gasteiger partial charge in [-0.3, -0.25) is 24.0 Å². The van der Waals surface area contributed by atoms with Crippen molar-refractivity contribution in [3.63, 3.8) is 0 Å². The van der Waals surface area contributed by atoms with Crippen LogP contribution in [0.2, 0.25) is 0 Å². The number of aromatic amines is 1. The second-order valence-corrected chi connectivity index (χ2v) is 9.54. The molecule has 2 rings (SSSR count). The predicted octanol–water partition coefficient (Wildman–Crippen LogP) is -1.63. The maximum atomic E-state index is 13.0. The summed E-state index contributed by atoms with van der Waals surface area (Å²) >= 11 is 0. The minimum absolute atomic E-state index is 0.121. The van der Waals surface area contributed by atoms with E-state index in [4.69, 9.17) is 17.2 Å². The highest BCUT2D eigenvalue weighted by Gasteiger charge is 2.32. The number of carboxylic acid groups (broad SMARTS) is 1. The van der Waals surface area contributed by atoms with Crippen LogP contribution in [0.3, 0.4) is 0 Å². The second kappa shape index (κ2) is 13.9. The number of aromatic nitrogens is 1. The molecular weight excluding hydrogens is 510 g/mol. The number of carboxylic acids is 1. The molecule has 5 amide bonds. The van der Waals surface area contributed by atoms with Gasteiger partial charge >= 0.3 is 5.97 Å². The van der Waals surface area contributed by atoms with E-state index >= 15 is 0 Å².